The average molecular weight is 204 g/mol. The summed E-state index contributed by atoms with van der Waals surface area (Å²) in [6, 6.07) is 10.8. The molecule has 1 saturated carbocycles. The van der Waals surface area contributed by atoms with Crippen molar-refractivity contribution in [2.24, 2.45) is 11.3 Å². The Morgan fingerprint density at radius 1 is 1.40 bits per heavy atom. The molecule has 1 aliphatic carbocycles. The van der Waals surface area contributed by atoms with E-state index in [1.165, 1.54) is 12.0 Å². The number of rotatable bonds is 4. The maximum Gasteiger partial charge on any atom is 0.0518 e. The number of hydrogen-bond acceptors (Lipinski definition) is 1. The van der Waals surface area contributed by atoms with Crippen molar-refractivity contribution in [3.05, 3.63) is 35.9 Å². The minimum Gasteiger partial charge on any atom is -0.384 e. The number of methoxy groups -OCH3 is 1. The molecule has 0 unspecified atom stereocenters. The van der Waals surface area contributed by atoms with E-state index in [0.29, 0.717) is 11.3 Å². The van der Waals surface area contributed by atoms with Crippen molar-refractivity contribution in [1.29, 1.82) is 0 Å². The summed E-state index contributed by atoms with van der Waals surface area (Å²) in [5.41, 5.74) is 1.88. The molecule has 1 aromatic carbocycles. The van der Waals surface area contributed by atoms with Crippen LogP contribution < -0.4 is 0 Å². The Morgan fingerprint density at radius 2 is 2.07 bits per heavy atom. The second-order valence-electron chi connectivity index (χ2n) is 5.10. The summed E-state index contributed by atoms with van der Waals surface area (Å²) >= 11 is 0. The highest BCUT2D eigenvalue weighted by atomic mass is 16.5. The van der Waals surface area contributed by atoms with Crippen LogP contribution >= 0.6 is 0 Å². The minimum absolute atomic E-state index is 0.421. The second-order valence-corrected chi connectivity index (χ2v) is 5.10. The lowest BCUT2D eigenvalue weighted by atomic mass is 9.91. The summed E-state index contributed by atoms with van der Waals surface area (Å²) in [6.45, 7) is 5.57. The molecule has 0 saturated heterocycles. The Bertz CT molecular complexity index is 319. The molecule has 1 heteroatoms. The molecule has 1 aliphatic rings. The first-order valence-corrected chi connectivity index (χ1v) is 5.71. The standard InChI is InChI=1S/C14H20O/c1-11(12-7-5-4-6-8-12)13-9-14(13,2)10-15-3/h4-8,11,13H,9-10H2,1-3H3/t11-,13-,14-/m0/s1. The van der Waals surface area contributed by atoms with Crippen molar-refractivity contribution >= 4 is 0 Å². The van der Waals surface area contributed by atoms with Crippen molar-refractivity contribution in [2.45, 2.75) is 26.2 Å². The molecule has 15 heavy (non-hydrogen) atoms. The monoisotopic (exact) mass is 204 g/mol. The van der Waals surface area contributed by atoms with E-state index in [-0.39, 0.29) is 0 Å². The van der Waals surface area contributed by atoms with E-state index in [4.69, 9.17) is 4.74 Å². The molecule has 82 valence electrons. The van der Waals surface area contributed by atoms with Gasteiger partial charge in [0.15, 0.2) is 0 Å². The van der Waals surface area contributed by atoms with Gasteiger partial charge < -0.3 is 4.74 Å². The fraction of sp³-hybridized carbons (Fsp3) is 0.571. The van der Waals surface area contributed by atoms with Crippen LogP contribution in [-0.4, -0.2) is 13.7 Å². The van der Waals surface area contributed by atoms with Crippen LogP contribution in [0.25, 0.3) is 0 Å². The quantitative estimate of drug-likeness (QED) is 0.729. The maximum absolute atomic E-state index is 5.29. The normalized spacial score (nSPS) is 31.3. The smallest absolute Gasteiger partial charge is 0.0518 e. The molecule has 0 radical (unpaired) electrons. The van der Waals surface area contributed by atoms with Crippen LogP contribution in [-0.2, 0) is 4.74 Å². The van der Waals surface area contributed by atoms with E-state index >= 15 is 0 Å². The van der Waals surface area contributed by atoms with Crippen molar-refractivity contribution < 1.29 is 4.74 Å². The van der Waals surface area contributed by atoms with Gasteiger partial charge in [0.05, 0.1) is 6.61 Å². The maximum atomic E-state index is 5.29. The van der Waals surface area contributed by atoms with Gasteiger partial charge in [0, 0.05) is 7.11 Å². The lowest BCUT2D eigenvalue weighted by Crippen LogP contribution is -2.10. The zero-order valence-electron chi connectivity index (χ0n) is 9.86. The van der Waals surface area contributed by atoms with Crippen molar-refractivity contribution in [2.75, 3.05) is 13.7 Å². The molecule has 0 bridgehead atoms. The fourth-order valence-corrected chi connectivity index (χ4v) is 2.71. The topological polar surface area (TPSA) is 9.23 Å². The van der Waals surface area contributed by atoms with Crippen LogP contribution in [0.3, 0.4) is 0 Å². The van der Waals surface area contributed by atoms with Crippen LogP contribution in [0.4, 0.5) is 0 Å². The van der Waals surface area contributed by atoms with Gasteiger partial charge >= 0.3 is 0 Å². The Balaban J connectivity index is 2.03. The number of ether oxygens (including phenoxy) is 1. The predicted octanol–water partition coefficient (Wildman–Crippen LogP) is 3.46. The number of hydrogen-bond donors (Lipinski definition) is 0. The zero-order chi connectivity index (χ0) is 10.9. The summed E-state index contributed by atoms with van der Waals surface area (Å²) in [4.78, 5) is 0. The summed E-state index contributed by atoms with van der Waals surface area (Å²) in [5, 5.41) is 0. The van der Waals surface area contributed by atoms with E-state index in [1.54, 1.807) is 7.11 Å². The van der Waals surface area contributed by atoms with Crippen LogP contribution in [0.5, 0.6) is 0 Å². The van der Waals surface area contributed by atoms with Gasteiger partial charge in [0.25, 0.3) is 0 Å². The first kappa shape index (κ1) is 10.7. The minimum atomic E-state index is 0.421. The van der Waals surface area contributed by atoms with E-state index in [0.717, 1.165) is 12.5 Å². The molecule has 0 heterocycles. The average Bonchev–Trinajstić information content (AvgIpc) is 2.91. The summed E-state index contributed by atoms with van der Waals surface area (Å²) in [7, 11) is 1.80. The SMILES string of the molecule is COC[C@]1(C)C[C@H]1[C@@H](C)c1ccccc1. The van der Waals surface area contributed by atoms with Crippen LogP contribution in [0.2, 0.25) is 0 Å². The molecular weight excluding hydrogens is 184 g/mol. The Kier molecular flexibility index (Phi) is 2.83. The first-order chi connectivity index (χ1) is 7.17. The molecular formula is C14H20O. The van der Waals surface area contributed by atoms with Gasteiger partial charge in [0.1, 0.15) is 0 Å². The van der Waals surface area contributed by atoms with Gasteiger partial charge in [-0.05, 0) is 29.2 Å². The lowest BCUT2D eigenvalue weighted by molar-refractivity contribution is 0.139. The molecule has 1 fully saturated rings. The predicted molar refractivity (Wildman–Crippen MR) is 62.9 cm³/mol. The second kappa shape index (κ2) is 3.97. The summed E-state index contributed by atoms with van der Waals surface area (Å²) in [6.07, 6.45) is 1.30. The van der Waals surface area contributed by atoms with Crippen molar-refractivity contribution in [3.8, 4) is 0 Å². The van der Waals surface area contributed by atoms with E-state index in [9.17, 15) is 0 Å². The van der Waals surface area contributed by atoms with Gasteiger partial charge in [-0.3, -0.25) is 0 Å². The van der Waals surface area contributed by atoms with E-state index in [2.05, 4.69) is 44.2 Å². The van der Waals surface area contributed by atoms with Gasteiger partial charge in [-0.1, -0.05) is 44.2 Å². The third-order valence-corrected chi connectivity index (χ3v) is 3.82. The molecule has 0 spiro atoms. The molecule has 0 aliphatic heterocycles. The third-order valence-electron chi connectivity index (χ3n) is 3.82. The summed E-state index contributed by atoms with van der Waals surface area (Å²) < 4.78 is 5.29. The van der Waals surface area contributed by atoms with Gasteiger partial charge in [0.2, 0.25) is 0 Å². The highest BCUT2D eigenvalue weighted by Gasteiger charge is 2.52. The van der Waals surface area contributed by atoms with Crippen LogP contribution in [0.1, 0.15) is 31.7 Å². The van der Waals surface area contributed by atoms with E-state index < -0.39 is 0 Å². The Hall–Kier alpha value is -0.820. The molecule has 0 amide bonds. The van der Waals surface area contributed by atoms with Crippen LogP contribution in [0.15, 0.2) is 30.3 Å². The number of benzene rings is 1. The van der Waals surface area contributed by atoms with Crippen molar-refractivity contribution in [3.63, 3.8) is 0 Å². The van der Waals surface area contributed by atoms with Gasteiger partial charge in [-0.15, -0.1) is 0 Å². The first-order valence-electron chi connectivity index (χ1n) is 5.71. The fourth-order valence-electron chi connectivity index (χ4n) is 2.71. The highest BCUT2D eigenvalue weighted by molar-refractivity contribution is 5.23. The van der Waals surface area contributed by atoms with E-state index in [1.807, 2.05) is 0 Å². The Morgan fingerprint density at radius 3 is 2.67 bits per heavy atom. The third kappa shape index (κ3) is 2.07. The molecule has 0 aromatic heterocycles. The largest absolute Gasteiger partial charge is 0.384 e. The van der Waals surface area contributed by atoms with Crippen molar-refractivity contribution in [1.82, 2.24) is 0 Å². The Labute approximate surface area is 92.5 Å². The molecule has 3 atom stereocenters. The van der Waals surface area contributed by atoms with Gasteiger partial charge in [-0.2, -0.15) is 0 Å². The molecule has 1 nitrogen and oxygen atoms in total. The zero-order valence-corrected chi connectivity index (χ0v) is 9.86. The lowest BCUT2D eigenvalue weighted by Gasteiger charge is -2.16. The highest BCUT2D eigenvalue weighted by Crippen LogP contribution is 2.58. The van der Waals surface area contributed by atoms with Crippen LogP contribution in [0, 0.1) is 11.3 Å². The molecule has 1 aromatic rings. The van der Waals surface area contributed by atoms with Gasteiger partial charge in [-0.25, -0.2) is 0 Å². The molecule has 0 N–H and O–H groups in total. The summed E-state index contributed by atoms with van der Waals surface area (Å²) in [5.74, 6) is 1.45. The molecule has 2 rings (SSSR count).